The van der Waals surface area contributed by atoms with Crippen LogP contribution in [0.1, 0.15) is 6.42 Å². The van der Waals surface area contributed by atoms with E-state index >= 15 is 0 Å². The molecule has 0 spiro atoms. The third-order valence-electron chi connectivity index (χ3n) is 4.94. The van der Waals surface area contributed by atoms with Crippen molar-refractivity contribution in [1.29, 1.82) is 0 Å². The average Bonchev–Trinajstić information content (AvgIpc) is 3.18. The molecule has 1 aliphatic heterocycles. The molecular formula is C22H24ClN3O2S2. The number of morpholine rings is 1. The maximum absolute atomic E-state index is 13.2. The van der Waals surface area contributed by atoms with E-state index in [1.807, 2.05) is 41.3 Å². The van der Waals surface area contributed by atoms with Gasteiger partial charge < -0.3 is 4.74 Å². The summed E-state index contributed by atoms with van der Waals surface area (Å²) in [6.45, 7) is 4.76. The Bertz CT molecular complexity index is 977. The number of anilines is 1. The Morgan fingerprint density at radius 2 is 2.00 bits per heavy atom. The van der Waals surface area contributed by atoms with Crippen LogP contribution >= 0.6 is 34.7 Å². The number of carbonyl (C=O) groups is 1. The lowest BCUT2D eigenvalue weighted by Crippen LogP contribution is -2.43. The molecule has 1 aromatic heterocycles. The van der Waals surface area contributed by atoms with Gasteiger partial charge in [0.05, 0.1) is 23.4 Å². The molecule has 2 aromatic carbocycles. The van der Waals surface area contributed by atoms with Gasteiger partial charge in [0.15, 0.2) is 5.13 Å². The minimum atomic E-state index is 0.108. The highest BCUT2D eigenvalue weighted by molar-refractivity contribution is 7.99. The van der Waals surface area contributed by atoms with Crippen LogP contribution in [0.2, 0.25) is 5.02 Å². The van der Waals surface area contributed by atoms with E-state index in [2.05, 4.69) is 17.0 Å². The summed E-state index contributed by atoms with van der Waals surface area (Å²) in [6, 6.07) is 15.8. The summed E-state index contributed by atoms with van der Waals surface area (Å²) in [5, 5.41) is 1.43. The molecule has 1 fully saturated rings. The smallest absolute Gasteiger partial charge is 0.229 e. The zero-order valence-corrected chi connectivity index (χ0v) is 19.0. The average molecular weight is 462 g/mol. The Morgan fingerprint density at radius 3 is 2.80 bits per heavy atom. The molecule has 8 heteroatoms. The van der Waals surface area contributed by atoms with Gasteiger partial charge in [-0.25, -0.2) is 4.98 Å². The first-order valence-electron chi connectivity index (χ1n) is 10.0. The van der Waals surface area contributed by atoms with Crippen molar-refractivity contribution in [1.82, 2.24) is 9.88 Å². The fourth-order valence-corrected chi connectivity index (χ4v) is 5.45. The van der Waals surface area contributed by atoms with Crippen LogP contribution in [0.4, 0.5) is 5.13 Å². The van der Waals surface area contributed by atoms with E-state index in [0.717, 1.165) is 53.9 Å². The third-order valence-corrected chi connectivity index (χ3v) is 7.23. The molecule has 0 N–H and O–H groups in total. The molecule has 1 amide bonds. The van der Waals surface area contributed by atoms with E-state index in [9.17, 15) is 4.79 Å². The molecule has 0 bridgehead atoms. The Kier molecular flexibility index (Phi) is 7.62. The van der Waals surface area contributed by atoms with Crippen LogP contribution in [0.5, 0.6) is 0 Å². The van der Waals surface area contributed by atoms with Crippen LogP contribution in [0.3, 0.4) is 0 Å². The van der Waals surface area contributed by atoms with Crippen LogP contribution in [-0.4, -0.2) is 60.9 Å². The number of hydrogen-bond donors (Lipinski definition) is 0. The van der Waals surface area contributed by atoms with Crippen molar-refractivity contribution in [2.24, 2.45) is 0 Å². The lowest BCUT2D eigenvalue weighted by atomic mass is 10.3. The summed E-state index contributed by atoms with van der Waals surface area (Å²) in [6.07, 6.45) is 0.472. The number of nitrogens with zero attached hydrogens (tertiary/aromatic N) is 3. The molecule has 0 saturated carbocycles. The summed E-state index contributed by atoms with van der Waals surface area (Å²) in [7, 11) is 0. The number of thiazole rings is 1. The zero-order chi connectivity index (χ0) is 20.8. The zero-order valence-electron chi connectivity index (χ0n) is 16.6. The van der Waals surface area contributed by atoms with Crippen molar-refractivity contribution in [2.45, 2.75) is 11.3 Å². The SMILES string of the molecule is O=C(CCSc1ccccc1)N(CCN1CCOCC1)c1nc2ccc(Cl)cc2s1. The monoisotopic (exact) mass is 461 g/mol. The highest BCUT2D eigenvalue weighted by Gasteiger charge is 2.21. The largest absolute Gasteiger partial charge is 0.379 e. The Labute approximate surface area is 190 Å². The summed E-state index contributed by atoms with van der Waals surface area (Å²) in [4.78, 5) is 23.2. The van der Waals surface area contributed by atoms with E-state index in [4.69, 9.17) is 21.3 Å². The van der Waals surface area contributed by atoms with E-state index in [-0.39, 0.29) is 5.91 Å². The van der Waals surface area contributed by atoms with Crippen molar-refractivity contribution in [3.8, 4) is 0 Å². The first kappa shape index (κ1) is 21.6. The molecule has 0 aliphatic carbocycles. The normalized spacial score (nSPS) is 14.8. The predicted octanol–water partition coefficient (Wildman–Crippen LogP) is 4.80. The van der Waals surface area contributed by atoms with Gasteiger partial charge in [-0.3, -0.25) is 14.6 Å². The Morgan fingerprint density at radius 1 is 1.20 bits per heavy atom. The first-order valence-corrected chi connectivity index (χ1v) is 12.2. The Balaban J connectivity index is 1.45. The molecule has 4 rings (SSSR count). The summed E-state index contributed by atoms with van der Waals surface area (Å²) < 4.78 is 6.44. The minimum Gasteiger partial charge on any atom is -0.379 e. The van der Waals surface area contributed by atoms with Crippen LogP contribution in [0.15, 0.2) is 53.4 Å². The van der Waals surface area contributed by atoms with Gasteiger partial charge in [0.25, 0.3) is 0 Å². The second-order valence-electron chi connectivity index (χ2n) is 7.02. The fourth-order valence-electron chi connectivity index (χ4n) is 3.30. The second kappa shape index (κ2) is 10.6. The summed E-state index contributed by atoms with van der Waals surface area (Å²) in [5.41, 5.74) is 0.877. The number of amides is 1. The molecule has 0 radical (unpaired) electrons. The number of aromatic nitrogens is 1. The molecule has 0 unspecified atom stereocenters. The van der Waals surface area contributed by atoms with Crippen molar-refractivity contribution in [2.75, 3.05) is 50.0 Å². The highest BCUT2D eigenvalue weighted by Crippen LogP contribution is 2.31. The van der Waals surface area contributed by atoms with Crippen LogP contribution in [0, 0.1) is 0 Å². The lowest BCUT2D eigenvalue weighted by Gasteiger charge is -2.29. The first-order chi connectivity index (χ1) is 14.7. The number of carbonyl (C=O) groups excluding carboxylic acids is 1. The predicted molar refractivity (Wildman–Crippen MR) is 126 cm³/mol. The van der Waals surface area contributed by atoms with E-state index in [1.54, 1.807) is 11.8 Å². The lowest BCUT2D eigenvalue weighted by molar-refractivity contribution is -0.118. The van der Waals surface area contributed by atoms with Gasteiger partial charge in [0.1, 0.15) is 0 Å². The van der Waals surface area contributed by atoms with Crippen molar-refractivity contribution in [3.63, 3.8) is 0 Å². The number of ether oxygens (including phenoxy) is 1. The Hall–Kier alpha value is -1.64. The summed E-state index contributed by atoms with van der Waals surface area (Å²) in [5.74, 6) is 0.852. The van der Waals surface area contributed by atoms with Gasteiger partial charge in [0, 0.05) is 48.3 Å². The van der Waals surface area contributed by atoms with E-state index in [0.29, 0.717) is 18.0 Å². The maximum Gasteiger partial charge on any atom is 0.229 e. The quantitative estimate of drug-likeness (QED) is 0.451. The fraction of sp³-hybridized carbons (Fsp3) is 0.364. The highest BCUT2D eigenvalue weighted by atomic mass is 35.5. The van der Waals surface area contributed by atoms with Crippen LogP contribution in [-0.2, 0) is 9.53 Å². The van der Waals surface area contributed by atoms with Gasteiger partial charge >= 0.3 is 0 Å². The molecule has 158 valence electrons. The number of benzene rings is 2. The number of hydrogen-bond acceptors (Lipinski definition) is 6. The van der Waals surface area contributed by atoms with Gasteiger partial charge in [-0.1, -0.05) is 41.1 Å². The molecule has 1 saturated heterocycles. The summed E-state index contributed by atoms with van der Waals surface area (Å²) >= 11 is 9.37. The second-order valence-corrected chi connectivity index (χ2v) is 9.63. The molecule has 0 atom stereocenters. The van der Waals surface area contributed by atoms with Gasteiger partial charge in [-0.2, -0.15) is 0 Å². The van der Waals surface area contributed by atoms with Crippen LogP contribution in [0.25, 0.3) is 10.2 Å². The molecule has 30 heavy (non-hydrogen) atoms. The molecule has 5 nitrogen and oxygen atoms in total. The van der Waals surface area contributed by atoms with E-state index < -0.39 is 0 Å². The van der Waals surface area contributed by atoms with Crippen LogP contribution < -0.4 is 4.90 Å². The van der Waals surface area contributed by atoms with Crippen molar-refractivity contribution in [3.05, 3.63) is 53.6 Å². The molecule has 2 heterocycles. The van der Waals surface area contributed by atoms with E-state index in [1.165, 1.54) is 16.2 Å². The number of thioether (sulfide) groups is 1. The molecule has 3 aromatic rings. The van der Waals surface area contributed by atoms with Crippen molar-refractivity contribution < 1.29 is 9.53 Å². The molecule has 1 aliphatic rings. The number of fused-ring (bicyclic) bond motifs is 1. The standard InChI is InChI=1S/C22H24ClN3O2S2/c23-17-6-7-19-20(16-17)30-22(24-19)26(10-9-25-11-13-28-14-12-25)21(27)8-15-29-18-4-2-1-3-5-18/h1-7,16H,8-15H2. The maximum atomic E-state index is 13.2. The van der Waals surface area contributed by atoms with Gasteiger partial charge in [0.2, 0.25) is 5.91 Å². The molecular weight excluding hydrogens is 438 g/mol. The van der Waals surface area contributed by atoms with Gasteiger partial charge in [-0.05, 0) is 30.3 Å². The van der Waals surface area contributed by atoms with Crippen molar-refractivity contribution >= 4 is 56.0 Å². The third kappa shape index (κ3) is 5.74. The topological polar surface area (TPSA) is 45.7 Å². The van der Waals surface area contributed by atoms with Gasteiger partial charge in [-0.15, -0.1) is 11.8 Å². The minimum absolute atomic E-state index is 0.108. The number of halogens is 1. The number of rotatable bonds is 8.